The maximum Gasteiger partial charge on any atom is 0.272 e. The molecule has 26 heavy (non-hydrogen) atoms. The van der Waals surface area contributed by atoms with E-state index in [2.05, 4.69) is 9.71 Å². The number of nitrogens with zero attached hydrogens (tertiary/aromatic N) is 2. The molecule has 2 aliphatic heterocycles. The zero-order valence-electron chi connectivity index (χ0n) is 13.8. The number of halogens is 2. The van der Waals surface area contributed by atoms with Gasteiger partial charge in [-0.3, -0.25) is 4.90 Å². The van der Waals surface area contributed by atoms with Gasteiger partial charge in [0, 0.05) is 37.5 Å². The molecule has 2 aromatic rings. The van der Waals surface area contributed by atoms with Crippen molar-refractivity contribution < 1.29 is 22.3 Å². The minimum absolute atomic E-state index is 0.00419. The Morgan fingerprint density at radius 2 is 2.08 bits per heavy atom. The average molecular weight is 381 g/mol. The molecule has 2 unspecified atom stereocenters. The molecule has 1 aromatic carbocycles. The lowest BCUT2D eigenvalue weighted by Gasteiger charge is -2.28. The first-order valence-corrected chi connectivity index (χ1v) is 9.64. The molecule has 4 rings (SSSR count). The highest BCUT2D eigenvalue weighted by molar-refractivity contribution is 7.96. The van der Waals surface area contributed by atoms with Crippen molar-refractivity contribution in [3.63, 3.8) is 0 Å². The lowest BCUT2D eigenvalue weighted by atomic mass is 10.0. The van der Waals surface area contributed by atoms with Crippen molar-refractivity contribution in [2.24, 2.45) is 0 Å². The minimum Gasteiger partial charge on any atom is -0.593 e. The number of sulfonamides is 1. The van der Waals surface area contributed by atoms with Gasteiger partial charge >= 0.3 is 0 Å². The SMILES string of the molecule is O=[S+]1([O-])NC2(CCN(Cc3c(F)cccc3F)C2)COc2ncccc21. The standard InChI is InChI=1S/C17H17F2N3O3S/c18-13-3-1-4-14(19)12(13)9-22-8-6-17(10-22)11-25-16-15(5-2-7-20-16)26(23,24)21-17/h1-5,7H,6,8-11H2,(H-,21,23,24). The highest BCUT2D eigenvalue weighted by atomic mass is 32.3. The van der Waals surface area contributed by atoms with Gasteiger partial charge in [-0.1, -0.05) is 10.3 Å². The van der Waals surface area contributed by atoms with E-state index in [0.717, 1.165) is 0 Å². The van der Waals surface area contributed by atoms with Crippen LogP contribution in [0.1, 0.15) is 12.0 Å². The van der Waals surface area contributed by atoms with E-state index in [1.807, 2.05) is 4.90 Å². The first kappa shape index (κ1) is 17.5. The van der Waals surface area contributed by atoms with Crippen LogP contribution in [0, 0.1) is 11.6 Å². The first-order chi connectivity index (χ1) is 12.4. The van der Waals surface area contributed by atoms with Crippen LogP contribution in [0.2, 0.25) is 0 Å². The van der Waals surface area contributed by atoms with Crippen LogP contribution in [-0.4, -0.2) is 39.7 Å². The normalized spacial score (nSPS) is 28.6. The summed E-state index contributed by atoms with van der Waals surface area (Å²) in [5, 5.41) is 0. The monoisotopic (exact) mass is 381 g/mol. The predicted molar refractivity (Wildman–Crippen MR) is 88.9 cm³/mol. The molecule has 2 aliphatic rings. The summed E-state index contributed by atoms with van der Waals surface area (Å²) >= 11 is 0. The molecule has 6 nitrogen and oxygen atoms in total. The number of hydrogen-bond donors (Lipinski definition) is 1. The van der Waals surface area contributed by atoms with Gasteiger partial charge in [-0.05, 0) is 24.6 Å². The second-order valence-corrected chi connectivity index (χ2v) is 8.29. The van der Waals surface area contributed by atoms with Crippen LogP contribution in [0.25, 0.3) is 0 Å². The van der Waals surface area contributed by atoms with Crippen LogP contribution in [0.3, 0.4) is 0 Å². The summed E-state index contributed by atoms with van der Waals surface area (Å²) in [7, 11) is -3.80. The Morgan fingerprint density at radius 3 is 2.85 bits per heavy atom. The van der Waals surface area contributed by atoms with Crippen molar-refractivity contribution in [1.29, 1.82) is 0 Å². The largest absolute Gasteiger partial charge is 0.593 e. The quantitative estimate of drug-likeness (QED) is 0.804. The van der Waals surface area contributed by atoms with E-state index in [1.165, 1.54) is 36.5 Å². The van der Waals surface area contributed by atoms with Crippen molar-refractivity contribution >= 4 is 10.4 Å². The lowest BCUT2D eigenvalue weighted by Crippen LogP contribution is -2.54. The van der Waals surface area contributed by atoms with Crippen molar-refractivity contribution in [1.82, 2.24) is 14.6 Å². The molecule has 138 valence electrons. The molecule has 0 aliphatic carbocycles. The second-order valence-electron chi connectivity index (χ2n) is 6.64. The summed E-state index contributed by atoms with van der Waals surface area (Å²) in [4.78, 5) is 5.80. The van der Waals surface area contributed by atoms with E-state index in [9.17, 15) is 17.5 Å². The number of nitrogens with one attached hydrogen (secondary N) is 1. The fourth-order valence-corrected chi connectivity index (χ4v) is 4.97. The molecule has 0 bridgehead atoms. The summed E-state index contributed by atoms with van der Waals surface area (Å²) in [5.74, 6) is -1.16. The molecule has 1 saturated heterocycles. The Balaban J connectivity index is 1.56. The summed E-state index contributed by atoms with van der Waals surface area (Å²) in [6, 6.07) is 6.71. The molecule has 1 aromatic heterocycles. The number of rotatable bonds is 2. The van der Waals surface area contributed by atoms with E-state index in [0.29, 0.717) is 13.0 Å². The maximum absolute atomic E-state index is 13.9. The van der Waals surface area contributed by atoms with Gasteiger partial charge in [0.15, 0.2) is 10.4 Å². The van der Waals surface area contributed by atoms with Crippen molar-refractivity contribution in [2.45, 2.75) is 23.4 Å². The highest BCUT2D eigenvalue weighted by Crippen LogP contribution is 2.34. The molecular weight excluding hydrogens is 364 g/mol. The zero-order valence-corrected chi connectivity index (χ0v) is 14.6. The molecule has 0 saturated carbocycles. The first-order valence-electron chi connectivity index (χ1n) is 8.16. The Morgan fingerprint density at radius 1 is 1.31 bits per heavy atom. The second kappa shape index (κ2) is 6.34. The topological polar surface area (TPSA) is 77.5 Å². The summed E-state index contributed by atoms with van der Waals surface area (Å²) in [6.07, 6.45) is 1.94. The molecular formula is C17H17F2N3O3S. The molecule has 3 heterocycles. The fourth-order valence-electron chi connectivity index (χ4n) is 3.47. The maximum atomic E-state index is 13.9. The van der Waals surface area contributed by atoms with Crippen LogP contribution in [0.15, 0.2) is 41.4 Å². The zero-order chi connectivity index (χ0) is 18.4. The molecule has 1 fully saturated rings. The van der Waals surface area contributed by atoms with Gasteiger partial charge in [-0.15, -0.1) is 4.72 Å². The molecule has 1 spiro atoms. The summed E-state index contributed by atoms with van der Waals surface area (Å²) in [5.41, 5.74) is -0.881. The minimum atomic E-state index is -3.80. The van der Waals surface area contributed by atoms with E-state index in [1.54, 1.807) is 0 Å². The fraction of sp³-hybridized carbons (Fsp3) is 0.353. The van der Waals surface area contributed by atoms with Gasteiger partial charge in [0.05, 0.1) is 0 Å². The van der Waals surface area contributed by atoms with Crippen LogP contribution in [0.5, 0.6) is 5.88 Å². The van der Waals surface area contributed by atoms with E-state index >= 15 is 0 Å². The van der Waals surface area contributed by atoms with Gasteiger partial charge < -0.3 is 9.29 Å². The molecule has 0 amide bonds. The van der Waals surface area contributed by atoms with Crippen LogP contribution >= 0.6 is 0 Å². The van der Waals surface area contributed by atoms with Gasteiger partial charge in [0.2, 0.25) is 4.90 Å². The molecule has 0 radical (unpaired) electrons. The third-order valence-electron chi connectivity index (χ3n) is 4.74. The van der Waals surface area contributed by atoms with Gasteiger partial charge in [-0.25, -0.2) is 13.8 Å². The number of hydrogen-bond acceptors (Lipinski definition) is 5. The van der Waals surface area contributed by atoms with Crippen molar-refractivity contribution in [3.05, 3.63) is 53.7 Å². The van der Waals surface area contributed by atoms with Crippen LogP contribution < -0.4 is 9.46 Å². The van der Waals surface area contributed by atoms with Crippen molar-refractivity contribution in [3.8, 4) is 5.88 Å². The molecule has 1 N–H and O–H groups in total. The molecule has 9 heteroatoms. The van der Waals surface area contributed by atoms with Crippen LogP contribution in [-0.2, 0) is 21.2 Å². The Kier molecular flexibility index (Phi) is 4.26. The average Bonchev–Trinajstić information content (AvgIpc) is 2.94. The van der Waals surface area contributed by atoms with Gasteiger partial charge in [0.1, 0.15) is 23.8 Å². The highest BCUT2D eigenvalue weighted by Gasteiger charge is 2.48. The number of aromatic nitrogens is 1. The third-order valence-corrected chi connectivity index (χ3v) is 6.33. The molecule has 2 atom stereocenters. The number of ether oxygens (including phenoxy) is 1. The number of likely N-dealkylation sites (tertiary alicyclic amines) is 1. The Bertz CT molecular complexity index is 877. The summed E-state index contributed by atoms with van der Waals surface area (Å²) < 4.78 is 61.5. The van der Waals surface area contributed by atoms with Gasteiger partial charge in [0.25, 0.3) is 5.88 Å². The van der Waals surface area contributed by atoms with E-state index in [-0.39, 0.29) is 36.0 Å². The number of pyridine rings is 1. The van der Waals surface area contributed by atoms with E-state index in [4.69, 9.17) is 4.74 Å². The summed E-state index contributed by atoms with van der Waals surface area (Å²) in [6.45, 7) is 0.942. The number of fused-ring (bicyclic) bond motifs is 1. The Hall–Kier alpha value is -1.94. The van der Waals surface area contributed by atoms with Crippen LogP contribution in [0.4, 0.5) is 8.78 Å². The third kappa shape index (κ3) is 3.11. The van der Waals surface area contributed by atoms with Gasteiger partial charge in [-0.2, -0.15) is 0 Å². The Labute approximate surface area is 150 Å². The van der Waals surface area contributed by atoms with Crippen molar-refractivity contribution in [2.75, 3.05) is 19.7 Å². The van der Waals surface area contributed by atoms with E-state index < -0.39 is 27.6 Å². The predicted octanol–water partition coefficient (Wildman–Crippen LogP) is 1.89. The lowest BCUT2D eigenvalue weighted by molar-refractivity contribution is 0.191. The smallest absolute Gasteiger partial charge is 0.272 e. The number of benzene rings is 1.